The predicted molar refractivity (Wildman–Crippen MR) is 81.6 cm³/mol. The highest BCUT2D eigenvalue weighted by molar-refractivity contribution is 7.89. The molecule has 0 aliphatic carbocycles. The molecule has 1 unspecified atom stereocenters. The third-order valence-electron chi connectivity index (χ3n) is 3.70. The normalized spacial score (nSPS) is 20.3. The topological polar surface area (TPSA) is 80.5 Å². The second-order valence-electron chi connectivity index (χ2n) is 5.11. The molecule has 1 amide bonds. The van der Waals surface area contributed by atoms with Gasteiger partial charge in [-0.05, 0) is 37.0 Å². The lowest BCUT2D eigenvalue weighted by atomic mass is 10.0. The zero-order valence-electron chi connectivity index (χ0n) is 11.7. The van der Waals surface area contributed by atoms with Gasteiger partial charge in [-0.1, -0.05) is 18.6 Å². The summed E-state index contributed by atoms with van der Waals surface area (Å²) in [5.74, 6) is -0.0980. The molecule has 116 valence electrons. The zero-order chi connectivity index (χ0) is 15.5. The molecule has 0 bridgehead atoms. The molecule has 1 aliphatic heterocycles. The minimum Gasteiger partial charge on any atom is -0.368 e. The van der Waals surface area contributed by atoms with Crippen LogP contribution in [-0.2, 0) is 21.2 Å². The van der Waals surface area contributed by atoms with Crippen molar-refractivity contribution in [1.82, 2.24) is 4.31 Å². The first-order valence-corrected chi connectivity index (χ1v) is 8.90. The maximum Gasteiger partial charge on any atom is 0.243 e. The first kappa shape index (κ1) is 16.3. The zero-order valence-corrected chi connectivity index (χ0v) is 13.2. The van der Waals surface area contributed by atoms with Crippen LogP contribution in [0, 0.1) is 0 Å². The number of benzene rings is 1. The highest BCUT2D eigenvalue weighted by atomic mass is 35.5. The Hall–Kier alpha value is -1.11. The number of aryl methyl sites for hydroxylation is 1. The molecule has 5 nitrogen and oxygen atoms in total. The van der Waals surface area contributed by atoms with Gasteiger partial charge in [0.1, 0.15) is 6.04 Å². The number of carbonyl (C=O) groups is 1. The van der Waals surface area contributed by atoms with Gasteiger partial charge in [-0.3, -0.25) is 4.79 Å². The Kier molecular flexibility index (Phi) is 5.24. The Balaban J connectivity index is 2.29. The Morgan fingerprint density at radius 2 is 1.95 bits per heavy atom. The summed E-state index contributed by atoms with van der Waals surface area (Å²) in [5.41, 5.74) is 6.32. The van der Waals surface area contributed by atoms with E-state index in [2.05, 4.69) is 0 Å². The molecule has 21 heavy (non-hydrogen) atoms. The van der Waals surface area contributed by atoms with Gasteiger partial charge in [0, 0.05) is 12.4 Å². The van der Waals surface area contributed by atoms with Crippen molar-refractivity contribution in [2.75, 3.05) is 12.4 Å². The molecule has 2 N–H and O–H groups in total. The van der Waals surface area contributed by atoms with Crippen LogP contribution in [0.1, 0.15) is 24.8 Å². The molecular formula is C14H19ClN2O3S. The first-order chi connectivity index (χ1) is 9.96. The van der Waals surface area contributed by atoms with Crippen LogP contribution in [0.25, 0.3) is 0 Å². The summed E-state index contributed by atoms with van der Waals surface area (Å²) >= 11 is 5.66. The standard InChI is InChI=1S/C14H19ClN2O3S/c15-9-8-11-4-6-12(7-5-11)21(19,20)17-10-2-1-3-13(17)14(16)18/h4-7,13H,1-3,8-10H2,(H2,16,18). The number of halogens is 1. The molecule has 2 rings (SSSR count). The number of sulfonamides is 1. The van der Waals surface area contributed by atoms with Crippen molar-refractivity contribution in [3.63, 3.8) is 0 Å². The van der Waals surface area contributed by atoms with Crippen molar-refractivity contribution in [2.24, 2.45) is 5.73 Å². The number of carbonyl (C=O) groups excluding carboxylic acids is 1. The van der Waals surface area contributed by atoms with Crippen molar-refractivity contribution in [3.8, 4) is 0 Å². The average Bonchev–Trinajstić information content (AvgIpc) is 2.48. The smallest absolute Gasteiger partial charge is 0.243 e. The number of primary amides is 1. The van der Waals surface area contributed by atoms with Crippen molar-refractivity contribution >= 4 is 27.5 Å². The van der Waals surface area contributed by atoms with E-state index in [-0.39, 0.29) is 4.90 Å². The van der Waals surface area contributed by atoms with E-state index in [0.29, 0.717) is 25.3 Å². The van der Waals surface area contributed by atoms with Crippen LogP contribution in [0.2, 0.25) is 0 Å². The Labute approximate surface area is 130 Å². The quantitative estimate of drug-likeness (QED) is 0.831. The molecule has 1 aliphatic rings. The fourth-order valence-corrected chi connectivity index (χ4v) is 4.43. The lowest BCUT2D eigenvalue weighted by Gasteiger charge is -2.32. The van der Waals surface area contributed by atoms with Gasteiger partial charge in [0.25, 0.3) is 0 Å². The van der Waals surface area contributed by atoms with Gasteiger partial charge in [0.05, 0.1) is 4.90 Å². The summed E-state index contributed by atoms with van der Waals surface area (Å²) in [6.07, 6.45) is 2.73. The molecule has 1 atom stereocenters. The minimum atomic E-state index is -3.69. The van der Waals surface area contributed by atoms with Gasteiger partial charge in [-0.25, -0.2) is 8.42 Å². The summed E-state index contributed by atoms with van der Waals surface area (Å²) in [6, 6.07) is 5.87. The van der Waals surface area contributed by atoms with Gasteiger partial charge >= 0.3 is 0 Å². The maximum absolute atomic E-state index is 12.7. The molecular weight excluding hydrogens is 312 g/mol. The van der Waals surface area contributed by atoms with E-state index in [4.69, 9.17) is 17.3 Å². The van der Waals surface area contributed by atoms with E-state index in [1.807, 2.05) is 0 Å². The molecule has 1 heterocycles. The lowest BCUT2D eigenvalue weighted by Crippen LogP contribution is -2.50. The summed E-state index contributed by atoms with van der Waals surface area (Å²) in [4.78, 5) is 11.7. The highest BCUT2D eigenvalue weighted by Gasteiger charge is 2.36. The molecule has 0 spiro atoms. The maximum atomic E-state index is 12.7. The van der Waals surface area contributed by atoms with Gasteiger partial charge < -0.3 is 5.73 Å². The molecule has 1 fully saturated rings. The molecule has 1 aromatic carbocycles. The van der Waals surface area contributed by atoms with Crippen molar-refractivity contribution in [2.45, 2.75) is 36.6 Å². The summed E-state index contributed by atoms with van der Waals surface area (Å²) in [6.45, 7) is 0.333. The van der Waals surface area contributed by atoms with E-state index in [1.54, 1.807) is 24.3 Å². The first-order valence-electron chi connectivity index (χ1n) is 6.93. The Morgan fingerprint density at radius 3 is 2.52 bits per heavy atom. The Morgan fingerprint density at radius 1 is 1.29 bits per heavy atom. The second kappa shape index (κ2) is 6.77. The number of alkyl halides is 1. The van der Waals surface area contributed by atoms with E-state index < -0.39 is 22.0 Å². The number of hydrogen-bond acceptors (Lipinski definition) is 3. The molecule has 7 heteroatoms. The fourth-order valence-electron chi connectivity index (χ4n) is 2.55. The number of nitrogens with two attached hydrogens (primary N) is 1. The number of nitrogens with zero attached hydrogens (tertiary/aromatic N) is 1. The monoisotopic (exact) mass is 330 g/mol. The molecule has 0 radical (unpaired) electrons. The van der Waals surface area contributed by atoms with Crippen LogP contribution in [0.4, 0.5) is 0 Å². The van der Waals surface area contributed by atoms with Crippen LogP contribution < -0.4 is 5.73 Å². The third kappa shape index (κ3) is 3.56. The van der Waals surface area contributed by atoms with Crippen molar-refractivity contribution < 1.29 is 13.2 Å². The van der Waals surface area contributed by atoms with Crippen molar-refractivity contribution in [1.29, 1.82) is 0 Å². The summed E-state index contributed by atoms with van der Waals surface area (Å²) < 4.78 is 26.6. The lowest BCUT2D eigenvalue weighted by molar-refractivity contribution is -0.122. The van der Waals surface area contributed by atoms with E-state index in [1.165, 1.54) is 4.31 Å². The van der Waals surface area contributed by atoms with E-state index >= 15 is 0 Å². The SMILES string of the molecule is NC(=O)C1CCCCN1S(=O)(=O)c1ccc(CCCl)cc1. The second-order valence-corrected chi connectivity index (χ2v) is 7.38. The van der Waals surface area contributed by atoms with Crippen LogP contribution in [-0.4, -0.2) is 37.1 Å². The number of rotatable bonds is 5. The average molecular weight is 331 g/mol. The fraction of sp³-hybridized carbons (Fsp3) is 0.500. The van der Waals surface area contributed by atoms with E-state index in [9.17, 15) is 13.2 Å². The predicted octanol–water partition coefficient (Wildman–Crippen LogP) is 1.50. The Bertz CT molecular complexity index is 601. The third-order valence-corrected chi connectivity index (χ3v) is 5.81. The summed E-state index contributed by atoms with van der Waals surface area (Å²) in [5, 5.41) is 0. The van der Waals surface area contributed by atoms with E-state index in [0.717, 1.165) is 18.4 Å². The summed E-state index contributed by atoms with van der Waals surface area (Å²) in [7, 11) is -3.69. The molecule has 1 saturated heterocycles. The molecule has 0 saturated carbocycles. The van der Waals surface area contributed by atoms with Gasteiger partial charge in [0.2, 0.25) is 15.9 Å². The molecule has 0 aromatic heterocycles. The largest absolute Gasteiger partial charge is 0.368 e. The number of hydrogen-bond donors (Lipinski definition) is 1. The van der Waals surface area contributed by atoms with Crippen LogP contribution in [0.15, 0.2) is 29.2 Å². The van der Waals surface area contributed by atoms with Crippen LogP contribution in [0.5, 0.6) is 0 Å². The van der Waals surface area contributed by atoms with Crippen LogP contribution >= 0.6 is 11.6 Å². The molecule has 1 aromatic rings. The number of amides is 1. The minimum absolute atomic E-state index is 0.189. The van der Waals surface area contributed by atoms with Crippen molar-refractivity contribution in [3.05, 3.63) is 29.8 Å². The highest BCUT2D eigenvalue weighted by Crippen LogP contribution is 2.25. The number of piperidine rings is 1. The van der Waals surface area contributed by atoms with Crippen LogP contribution in [0.3, 0.4) is 0 Å². The van der Waals surface area contributed by atoms with Gasteiger partial charge in [-0.2, -0.15) is 4.31 Å². The van der Waals surface area contributed by atoms with Gasteiger partial charge in [-0.15, -0.1) is 11.6 Å². The van der Waals surface area contributed by atoms with Gasteiger partial charge in [0.15, 0.2) is 0 Å².